The van der Waals surface area contributed by atoms with Gasteiger partial charge in [-0.25, -0.2) is 0 Å². The topological polar surface area (TPSA) is 21.3 Å². The molecule has 1 N–H and O–H groups in total. The zero-order valence-electron chi connectivity index (χ0n) is 9.92. The fourth-order valence-electron chi connectivity index (χ4n) is 3.26. The van der Waals surface area contributed by atoms with E-state index in [1.165, 1.54) is 22.9 Å². The summed E-state index contributed by atoms with van der Waals surface area (Å²) in [6.45, 7) is 4.09. The van der Waals surface area contributed by atoms with Crippen molar-refractivity contribution in [2.24, 2.45) is 5.41 Å². The molecule has 2 fully saturated rings. The van der Waals surface area contributed by atoms with Crippen molar-refractivity contribution >= 4 is 15.9 Å². The molecule has 1 aromatic carbocycles. The second-order valence-electron chi connectivity index (χ2n) is 5.23. The molecular formula is C14H18BrNO. The first kappa shape index (κ1) is 11.7. The van der Waals surface area contributed by atoms with Crippen LogP contribution in [0, 0.1) is 5.41 Å². The molecule has 0 saturated carbocycles. The van der Waals surface area contributed by atoms with Gasteiger partial charge in [0.1, 0.15) is 0 Å². The molecule has 0 aromatic heterocycles. The molecule has 2 aliphatic heterocycles. The summed E-state index contributed by atoms with van der Waals surface area (Å²) < 4.78 is 6.86. The first-order chi connectivity index (χ1) is 8.30. The quantitative estimate of drug-likeness (QED) is 0.860. The lowest BCUT2D eigenvalue weighted by atomic mass is 9.67. The van der Waals surface area contributed by atoms with Crippen molar-refractivity contribution < 1.29 is 4.74 Å². The summed E-state index contributed by atoms with van der Waals surface area (Å²) in [6.07, 6.45) is 2.45. The Hall–Kier alpha value is -0.380. The van der Waals surface area contributed by atoms with Crippen molar-refractivity contribution in [3.05, 3.63) is 34.3 Å². The second kappa shape index (κ2) is 4.71. The van der Waals surface area contributed by atoms with Gasteiger partial charge in [0, 0.05) is 29.0 Å². The van der Waals surface area contributed by atoms with Crippen LogP contribution in [-0.2, 0) is 4.74 Å². The molecule has 0 bridgehead atoms. The molecule has 3 rings (SSSR count). The van der Waals surface area contributed by atoms with Crippen LogP contribution < -0.4 is 5.32 Å². The predicted octanol–water partition coefficient (Wildman–Crippen LogP) is 2.93. The number of halogens is 1. The lowest BCUT2D eigenvalue weighted by Gasteiger charge is -2.41. The zero-order chi connectivity index (χ0) is 11.7. The highest BCUT2D eigenvalue weighted by molar-refractivity contribution is 9.10. The summed E-state index contributed by atoms with van der Waals surface area (Å²) in [6, 6.07) is 8.75. The van der Waals surface area contributed by atoms with Gasteiger partial charge in [-0.2, -0.15) is 0 Å². The maximum absolute atomic E-state index is 5.68. The van der Waals surface area contributed by atoms with Crippen molar-refractivity contribution in [3.8, 4) is 0 Å². The van der Waals surface area contributed by atoms with Gasteiger partial charge in [-0.05, 0) is 37.1 Å². The summed E-state index contributed by atoms with van der Waals surface area (Å²) in [5, 5.41) is 3.53. The molecule has 1 aromatic rings. The molecule has 1 spiro atoms. The Morgan fingerprint density at radius 2 is 2.29 bits per heavy atom. The summed E-state index contributed by atoms with van der Waals surface area (Å²) in [7, 11) is 0. The largest absolute Gasteiger partial charge is 0.381 e. The predicted molar refractivity (Wildman–Crippen MR) is 72.2 cm³/mol. The number of hydrogen-bond acceptors (Lipinski definition) is 2. The van der Waals surface area contributed by atoms with Crippen molar-refractivity contribution in [2.45, 2.75) is 18.8 Å². The average Bonchev–Trinajstić information content (AvgIpc) is 2.79. The minimum absolute atomic E-state index is 0.381. The minimum atomic E-state index is 0.381. The minimum Gasteiger partial charge on any atom is -0.381 e. The third kappa shape index (κ3) is 2.16. The van der Waals surface area contributed by atoms with E-state index in [1.807, 2.05) is 0 Å². The molecule has 2 unspecified atom stereocenters. The summed E-state index contributed by atoms with van der Waals surface area (Å²) in [4.78, 5) is 0. The summed E-state index contributed by atoms with van der Waals surface area (Å²) >= 11 is 3.57. The van der Waals surface area contributed by atoms with Crippen LogP contribution in [0.4, 0.5) is 0 Å². The zero-order valence-corrected chi connectivity index (χ0v) is 11.5. The van der Waals surface area contributed by atoms with E-state index in [-0.39, 0.29) is 0 Å². The molecule has 92 valence electrons. The highest BCUT2D eigenvalue weighted by atomic mass is 79.9. The van der Waals surface area contributed by atoms with Gasteiger partial charge in [0.25, 0.3) is 0 Å². The Morgan fingerprint density at radius 1 is 1.35 bits per heavy atom. The number of hydrogen-bond donors (Lipinski definition) is 1. The van der Waals surface area contributed by atoms with Gasteiger partial charge in [0.05, 0.1) is 6.61 Å². The van der Waals surface area contributed by atoms with Gasteiger partial charge in [-0.1, -0.05) is 28.1 Å². The Bertz CT molecular complexity index is 401. The molecule has 2 nitrogen and oxygen atoms in total. The van der Waals surface area contributed by atoms with Crippen LogP contribution in [0.1, 0.15) is 24.3 Å². The number of nitrogens with one attached hydrogen (secondary N) is 1. The Kier molecular flexibility index (Phi) is 3.24. The SMILES string of the molecule is Brc1cccc(C2CNCCC23CCOC3)c1. The lowest BCUT2D eigenvalue weighted by molar-refractivity contribution is 0.110. The third-order valence-electron chi connectivity index (χ3n) is 4.27. The molecular weight excluding hydrogens is 278 g/mol. The number of benzene rings is 1. The first-order valence-electron chi connectivity index (χ1n) is 6.34. The number of rotatable bonds is 1. The van der Waals surface area contributed by atoms with E-state index in [9.17, 15) is 0 Å². The molecule has 2 heterocycles. The molecule has 0 radical (unpaired) electrons. The van der Waals surface area contributed by atoms with Crippen LogP contribution in [0.15, 0.2) is 28.7 Å². The third-order valence-corrected chi connectivity index (χ3v) is 4.77. The smallest absolute Gasteiger partial charge is 0.0530 e. The van der Waals surface area contributed by atoms with Crippen molar-refractivity contribution in [3.63, 3.8) is 0 Å². The van der Waals surface area contributed by atoms with E-state index in [1.54, 1.807) is 0 Å². The molecule has 2 atom stereocenters. The van der Waals surface area contributed by atoms with Crippen LogP contribution in [0.2, 0.25) is 0 Å². The standard InChI is InChI=1S/C14H18BrNO/c15-12-3-1-2-11(8-12)13-9-16-6-4-14(13)5-7-17-10-14/h1-3,8,13,16H,4-7,9-10H2. The average molecular weight is 296 g/mol. The second-order valence-corrected chi connectivity index (χ2v) is 6.14. The van der Waals surface area contributed by atoms with Gasteiger partial charge in [0.2, 0.25) is 0 Å². The van der Waals surface area contributed by atoms with Crippen molar-refractivity contribution in [2.75, 3.05) is 26.3 Å². The van der Waals surface area contributed by atoms with E-state index < -0.39 is 0 Å². The Balaban J connectivity index is 1.93. The van der Waals surface area contributed by atoms with E-state index in [0.717, 1.165) is 26.3 Å². The normalized spacial score (nSPS) is 33.1. The van der Waals surface area contributed by atoms with Crippen LogP contribution >= 0.6 is 15.9 Å². The fourth-order valence-corrected chi connectivity index (χ4v) is 3.68. The van der Waals surface area contributed by atoms with Crippen LogP contribution in [0.25, 0.3) is 0 Å². The van der Waals surface area contributed by atoms with Gasteiger partial charge >= 0.3 is 0 Å². The lowest BCUT2D eigenvalue weighted by Crippen LogP contribution is -2.44. The van der Waals surface area contributed by atoms with E-state index in [0.29, 0.717) is 11.3 Å². The van der Waals surface area contributed by atoms with Gasteiger partial charge < -0.3 is 10.1 Å². The summed E-state index contributed by atoms with van der Waals surface area (Å²) in [5.41, 5.74) is 1.82. The number of ether oxygens (including phenoxy) is 1. The van der Waals surface area contributed by atoms with Crippen LogP contribution in [0.5, 0.6) is 0 Å². The van der Waals surface area contributed by atoms with Crippen molar-refractivity contribution in [1.82, 2.24) is 5.32 Å². The molecule has 17 heavy (non-hydrogen) atoms. The van der Waals surface area contributed by atoms with Crippen LogP contribution in [0.3, 0.4) is 0 Å². The first-order valence-corrected chi connectivity index (χ1v) is 7.13. The monoisotopic (exact) mass is 295 g/mol. The molecule has 2 aliphatic rings. The molecule has 3 heteroatoms. The number of piperidine rings is 1. The highest BCUT2D eigenvalue weighted by Crippen LogP contribution is 2.46. The Labute approximate surface area is 111 Å². The van der Waals surface area contributed by atoms with E-state index in [4.69, 9.17) is 4.74 Å². The van der Waals surface area contributed by atoms with Crippen LogP contribution in [-0.4, -0.2) is 26.3 Å². The fraction of sp³-hybridized carbons (Fsp3) is 0.571. The van der Waals surface area contributed by atoms with E-state index in [2.05, 4.69) is 45.5 Å². The Morgan fingerprint density at radius 3 is 3.06 bits per heavy atom. The van der Waals surface area contributed by atoms with Gasteiger partial charge in [-0.3, -0.25) is 0 Å². The highest BCUT2D eigenvalue weighted by Gasteiger charge is 2.44. The summed E-state index contributed by atoms with van der Waals surface area (Å²) in [5.74, 6) is 0.594. The molecule has 0 aliphatic carbocycles. The maximum atomic E-state index is 5.68. The molecule has 0 amide bonds. The van der Waals surface area contributed by atoms with E-state index >= 15 is 0 Å². The maximum Gasteiger partial charge on any atom is 0.0530 e. The van der Waals surface area contributed by atoms with Gasteiger partial charge in [0.15, 0.2) is 0 Å². The van der Waals surface area contributed by atoms with Gasteiger partial charge in [-0.15, -0.1) is 0 Å². The molecule has 2 saturated heterocycles. The van der Waals surface area contributed by atoms with Crippen molar-refractivity contribution in [1.29, 1.82) is 0 Å².